The van der Waals surface area contributed by atoms with Crippen LogP contribution >= 0.6 is 0 Å². The summed E-state index contributed by atoms with van der Waals surface area (Å²) in [6.07, 6.45) is 10.6. The maximum atomic E-state index is 12.4. The van der Waals surface area contributed by atoms with E-state index in [1.807, 2.05) is 24.4 Å². The topological polar surface area (TPSA) is 83.1 Å². The standard InChI is InChI=1S/C23H25N5O2/c1-17-15-28(10-11-30-17)16-18-2-5-21(6-3-18)27-23(29)7-4-19-12-24-9-8-22(19)20-13-25-26-14-20/h2-9,12-14,17H,10-11,15-16H2,1H3,(H,25,26)(H,27,29)/b7-4+. The lowest BCUT2D eigenvalue weighted by molar-refractivity contribution is -0.111. The summed E-state index contributed by atoms with van der Waals surface area (Å²) in [7, 11) is 0. The number of nitrogens with zero attached hydrogens (tertiary/aromatic N) is 3. The van der Waals surface area contributed by atoms with Crippen LogP contribution in [0.15, 0.2) is 61.2 Å². The van der Waals surface area contributed by atoms with Gasteiger partial charge in [0.15, 0.2) is 0 Å². The molecule has 1 saturated heterocycles. The van der Waals surface area contributed by atoms with Crippen molar-refractivity contribution in [3.05, 3.63) is 72.3 Å². The van der Waals surface area contributed by atoms with Crippen LogP contribution in [-0.2, 0) is 16.1 Å². The molecule has 1 aliphatic heterocycles. The van der Waals surface area contributed by atoms with E-state index in [1.165, 1.54) is 11.6 Å². The molecule has 30 heavy (non-hydrogen) atoms. The highest BCUT2D eigenvalue weighted by atomic mass is 16.5. The number of pyridine rings is 1. The molecular weight excluding hydrogens is 378 g/mol. The van der Waals surface area contributed by atoms with E-state index in [2.05, 4.69) is 44.5 Å². The third kappa shape index (κ3) is 5.20. The average molecular weight is 403 g/mol. The second-order valence-electron chi connectivity index (χ2n) is 7.39. The van der Waals surface area contributed by atoms with E-state index in [0.717, 1.165) is 48.6 Å². The first-order valence-corrected chi connectivity index (χ1v) is 10.0. The first-order chi connectivity index (χ1) is 14.7. The van der Waals surface area contributed by atoms with Gasteiger partial charge in [0.1, 0.15) is 0 Å². The number of hydrogen-bond acceptors (Lipinski definition) is 5. The average Bonchev–Trinajstić information content (AvgIpc) is 3.29. The molecule has 7 nitrogen and oxygen atoms in total. The van der Waals surface area contributed by atoms with Crippen molar-refractivity contribution >= 4 is 17.7 Å². The number of nitrogens with one attached hydrogen (secondary N) is 2. The summed E-state index contributed by atoms with van der Waals surface area (Å²) in [5.74, 6) is -0.188. The molecule has 1 unspecified atom stereocenters. The van der Waals surface area contributed by atoms with Gasteiger partial charge in [-0.15, -0.1) is 0 Å². The SMILES string of the molecule is CC1CN(Cc2ccc(NC(=O)/C=C/c3cnccc3-c3cn[nH]c3)cc2)CCO1. The van der Waals surface area contributed by atoms with Crippen molar-refractivity contribution in [3.63, 3.8) is 0 Å². The number of amides is 1. The fraction of sp³-hybridized carbons (Fsp3) is 0.261. The molecule has 0 aliphatic carbocycles. The van der Waals surface area contributed by atoms with Gasteiger partial charge in [0.05, 0.1) is 18.9 Å². The molecule has 0 bridgehead atoms. The first-order valence-electron chi connectivity index (χ1n) is 10.0. The normalized spacial score (nSPS) is 17.3. The number of hydrogen-bond donors (Lipinski definition) is 2. The molecule has 4 rings (SSSR count). The molecule has 7 heteroatoms. The van der Waals surface area contributed by atoms with E-state index in [-0.39, 0.29) is 12.0 Å². The van der Waals surface area contributed by atoms with Crippen molar-refractivity contribution in [2.45, 2.75) is 19.6 Å². The lowest BCUT2D eigenvalue weighted by Crippen LogP contribution is -2.40. The van der Waals surface area contributed by atoms with Gasteiger partial charge in [0.25, 0.3) is 0 Å². The minimum absolute atomic E-state index is 0.188. The molecule has 0 spiro atoms. The zero-order chi connectivity index (χ0) is 20.8. The molecule has 1 atom stereocenters. The van der Waals surface area contributed by atoms with E-state index in [0.29, 0.717) is 0 Å². The Hall–Kier alpha value is -3.29. The van der Waals surface area contributed by atoms with E-state index >= 15 is 0 Å². The summed E-state index contributed by atoms with van der Waals surface area (Å²) < 4.78 is 5.59. The lowest BCUT2D eigenvalue weighted by Gasteiger charge is -2.31. The van der Waals surface area contributed by atoms with Crippen LogP contribution in [0.5, 0.6) is 0 Å². The van der Waals surface area contributed by atoms with E-state index in [1.54, 1.807) is 24.7 Å². The minimum Gasteiger partial charge on any atom is -0.376 e. The summed E-state index contributed by atoms with van der Waals surface area (Å²) in [5, 5.41) is 9.69. The van der Waals surface area contributed by atoms with Gasteiger partial charge in [-0.3, -0.25) is 19.8 Å². The van der Waals surface area contributed by atoms with Crippen molar-refractivity contribution in [3.8, 4) is 11.1 Å². The van der Waals surface area contributed by atoms with Gasteiger partial charge in [-0.2, -0.15) is 5.10 Å². The highest BCUT2D eigenvalue weighted by Gasteiger charge is 2.16. The van der Waals surface area contributed by atoms with Crippen molar-refractivity contribution in [2.75, 3.05) is 25.0 Å². The van der Waals surface area contributed by atoms with Crippen molar-refractivity contribution < 1.29 is 9.53 Å². The van der Waals surface area contributed by atoms with Crippen LogP contribution in [0, 0.1) is 0 Å². The molecule has 2 N–H and O–H groups in total. The largest absolute Gasteiger partial charge is 0.376 e. The van der Waals surface area contributed by atoms with E-state index in [9.17, 15) is 4.79 Å². The summed E-state index contributed by atoms with van der Waals surface area (Å²) >= 11 is 0. The Morgan fingerprint density at radius 3 is 2.93 bits per heavy atom. The summed E-state index contributed by atoms with van der Waals surface area (Å²) in [6.45, 7) is 5.66. The number of aromatic nitrogens is 3. The number of benzene rings is 1. The highest BCUT2D eigenvalue weighted by Crippen LogP contribution is 2.22. The van der Waals surface area contributed by atoms with Crippen molar-refractivity contribution in [1.29, 1.82) is 0 Å². The van der Waals surface area contributed by atoms with Gasteiger partial charge < -0.3 is 10.1 Å². The quantitative estimate of drug-likeness (QED) is 0.617. The molecular formula is C23H25N5O2. The van der Waals surface area contributed by atoms with Crippen LogP contribution in [0.25, 0.3) is 17.2 Å². The van der Waals surface area contributed by atoms with Crippen LogP contribution in [0.2, 0.25) is 0 Å². The zero-order valence-corrected chi connectivity index (χ0v) is 16.9. The van der Waals surface area contributed by atoms with E-state index in [4.69, 9.17) is 4.74 Å². The Kier molecular flexibility index (Phi) is 6.32. The molecule has 1 aromatic carbocycles. The first kappa shape index (κ1) is 20.0. The third-order valence-corrected chi connectivity index (χ3v) is 5.03. The maximum absolute atomic E-state index is 12.4. The van der Waals surface area contributed by atoms with Gasteiger partial charge in [0.2, 0.25) is 5.91 Å². The second kappa shape index (κ2) is 9.47. The minimum atomic E-state index is -0.188. The molecule has 0 radical (unpaired) electrons. The Labute approximate surface area is 175 Å². The van der Waals surface area contributed by atoms with E-state index < -0.39 is 0 Å². The Morgan fingerprint density at radius 1 is 1.30 bits per heavy atom. The number of rotatable bonds is 6. The predicted molar refractivity (Wildman–Crippen MR) is 117 cm³/mol. The summed E-state index contributed by atoms with van der Waals surface area (Å²) in [4.78, 5) is 18.9. The monoisotopic (exact) mass is 403 g/mol. The zero-order valence-electron chi connectivity index (χ0n) is 16.9. The van der Waals surface area contributed by atoms with Gasteiger partial charge in [-0.05, 0) is 42.3 Å². The number of carbonyl (C=O) groups excluding carboxylic acids is 1. The molecule has 2 aromatic heterocycles. The fourth-order valence-corrected chi connectivity index (χ4v) is 3.54. The number of anilines is 1. The maximum Gasteiger partial charge on any atom is 0.248 e. The highest BCUT2D eigenvalue weighted by molar-refractivity contribution is 6.02. The predicted octanol–water partition coefficient (Wildman–Crippen LogP) is 3.34. The van der Waals surface area contributed by atoms with Crippen LogP contribution in [-0.4, -0.2) is 51.8 Å². The molecule has 3 heterocycles. The molecule has 1 fully saturated rings. The van der Waals surface area contributed by atoms with Crippen molar-refractivity contribution in [2.24, 2.45) is 0 Å². The summed E-state index contributed by atoms with van der Waals surface area (Å²) in [6, 6.07) is 9.88. The van der Waals surface area contributed by atoms with Gasteiger partial charge in [-0.25, -0.2) is 0 Å². The third-order valence-electron chi connectivity index (χ3n) is 5.03. The van der Waals surface area contributed by atoms with Crippen LogP contribution in [0.3, 0.4) is 0 Å². The van der Waals surface area contributed by atoms with Crippen LogP contribution in [0.4, 0.5) is 5.69 Å². The van der Waals surface area contributed by atoms with Crippen LogP contribution in [0.1, 0.15) is 18.1 Å². The van der Waals surface area contributed by atoms with Crippen molar-refractivity contribution in [1.82, 2.24) is 20.1 Å². The fourth-order valence-electron chi connectivity index (χ4n) is 3.54. The van der Waals surface area contributed by atoms with Gasteiger partial charge in [-0.1, -0.05) is 12.1 Å². The number of ether oxygens (including phenoxy) is 1. The molecule has 154 valence electrons. The van der Waals surface area contributed by atoms with Gasteiger partial charge >= 0.3 is 0 Å². The second-order valence-corrected chi connectivity index (χ2v) is 7.39. The number of aromatic amines is 1. The lowest BCUT2D eigenvalue weighted by atomic mass is 10.0. The Bertz CT molecular complexity index is 999. The molecule has 1 amide bonds. The molecule has 0 saturated carbocycles. The molecule has 3 aromatic rings. The number of morpholine rings is 1. The summed E-state index contributed by atoms with van der Waals surface area (Å²) in [5.41, 5.74) is 4.75. The van der Waals surface area contributed by atoms with Gasteiger partial charge in [0, 0.05) is 61.1 Å². The molecule has 1 aliphatic rings. The Balaban J connectivity index is 1.35. The Morgan fingerprint density at radius 2 is 2.17 bits per heavy atom. The van der Waals surface area contributed by atoms with Crippen LogP contribution < -0.4 is 5.32 Å². The number of H-pyrrole nitrogens is 1. The smallest absolute Gasteiger partial charge is 0.248 e. The number of carbonyl (C=O) groups is 1.